The Morgan fingerprint density at radius 2 is 1.45 bits per heavy atom. The van der Waals surface area contributed by atoms with Crippen LogP contribution in [0.25, 0.3) is 6.08 Å². The van der Waals surface area contributed by atoms with Crippen LogP contribution >= 0.6 is 0 Å². The lowest BCUT2D eigenvalue weighted by Gasteiger charge is -2.15. The molecule has 3 aromatic carbocycles. The maximum Gasteiger partial charge on any atom is 0.298 e. The van der Waals surface area contributed by atoms with E-state index in [0.717, 1.165) is 16.9 Å². The molecule has 0 saturated carbocycles. The van der Waals surface area contributed by atoms with Crippen molar-refractivity contribution in [3.8, 4) is 0 Å². The minimum atomic E-state index is -0.219. The molecule has 2 aliphatic rings. The SMILES string of the molecule is O=C1/C(=C/c2ccccc2)N=C2N1NC(=Nc1ccccc1)N2c1ccccc1. The molecule has 1 N–H and O–H groups in total. The zero-order valence-electron chi connectivity index (χ0n) is 15.4. The molecule has 0 unspecified atom stereocenters. The van der Waals surface area contributed by atoms with Gasteiger partial charge < -0.3 is 0 Å². The highest BCUT2D eigenvalue weighted by atomic mass is 16.2. The predicted molar refractivity (Wildman–Crippen MR) is 114 cm³/mol. The van der Waals surface area contributed by atoms with Crippen LogP contribution in [0.15, 0.2) is 107 Å². The normalized spacial score (nSPS) is 18.2. The lowest BCUT2D eigenvalue weighted by atomic mass is 10.2. The van der Waals surface area contributed by atoms with Crippen molar-refractivity contribution in [1.82, 2.24) is 10.4 Å². The average Bonchev–Trinajstić information content (AvgIpc) is 3.26. The maximum atomic E-state index is 13.0. The number of hydrogen-bond acceptors (Lipinski definition) is 3. The first kappa shape index (κ1) is 16.9. The molecule has 5 rings (SSSR count). The van der Waals surface area contributed by atoms with Crippen LogP contribution in [-0.2, 0) is 4.79 Å². The number of hydrazine groups is 1. The number of benzene rings is 3. The van der Waals surface area contributed by atoms with Crippen molar-refractivity contribution in [3.05, 3.63) is 102 Å². The predicted octanol–water partition coefficient (Wildman–Crippen LogP) is 3.94. The summed E-state index contributed by atoms with van der Waals surface area (Å²) in [6.45, 7) is 0. The second kappa shape index (κ2) is 7.09. The first-order valence-electron chi connectivity index (χ1n) is 9.25. The lowest BCUT2D eigenvalue weighted by Crippen LogP contribution is -2.38. The van der Waals surface area contributed by atoms with Gasteiger partial charge in [0.25, 0.3) is 5.91 Å². The van der Waals surface area contributed by atoms with E-state index in [1.54, 1.807) is 6.08 Å². The second-order valence-electron chi connectivity index (χ2n) is 6.55. The minimum Gasteiger partial charge on any atom is -0.265 e. The molecule has 3 aromatic rings. The Kier molecular flexibility index (Phi) is 4.14. The summed E-state index contributed by atoms with van der Waals surface area (Å²) >= 11 is 0. The number of aliphatic imine (C=N–C) groups is 2. The molecule has 1 saturated heterocycles. The fraction of sp³-hybridized carbons (Fsp3) is 0. The number of rotatable bonds is 3. The van der Waals surface area contributed by atoms with Gasteiger partial charge in [0.05, 0.1) is 11.4 Å². The fourth-order valence-corrected chi connectivity index (χ4v) is 3.22. The molecule has 1 fully saturated rings. The smallest absolute Gasteiger partial charge is 0.265 e. The van der Waals surface area contributed by atoms with Gasteiger partial charge in [-0.2, -0.15) is 5.01 Å². The molecule has 1 amide bonds. The van der Waals surface area contributed by atoms with E-state index >= 15 is 0 Å². The number of guanidine groups is 2. The maximum absolute atomic E-state index is 13.0. The summed E-state index contributed by atoms with van der Waals surface area (Å²) in [6.07, 6.45) is 1.78. The summed E-state index contributed by atoms with van der Waals surface area (Å²) in [5.74, 6) is 0.786. The summed E-state index contributed by atoms with van der Waals surface area (Å²) in [6, 6.07) is 29.0. The zero-order valence-corrected chi connectivity index (χ0v) is 15.4. The summed E-state index contributed by atoms with van der Waals surface area (Å²) in [7, 11) is 0. The standard InChI is InChI=1S/C23H17N5O/c29-21-20(16-17-10-4-1-5-11-17)25-23-27(19-14-8-3-9-15-19)22(26-28(21)23)24-18-12-6-2-7-13-18/h1-16H,(H,24,26)/b20-16-. The van der Waals surface area contributed by atoms with Gasteiger partial charge >= 0.3 is 0 Å². The molecule has 0 aromatic heterocycles. The third-order valence-electron chi connectivity index (χ3n) is 4.57. The van der Waals surface area contributed by atoms with Gasteiger partial charge in [0, 0.05) is 0 Å². The fourth-order valence-electron chi connectivity index (χ4n) is 3.22. The molecule has 6 heteroatoms. The van der Waals surface area contributed by atoms with Crippen molar-refractivity contribution in [3.63, 3.8) is 0 Å². The van der Waals surface area contributed by atoms with E-state index in [9.17, 15) is 4.79 Å². The molecule has 0 bridgehead atoms. The number of para-hydroxylation sites is 2. The van der Waals surface area contributed by atoms with Crippen LogP contribution in [-0.4, -0.2) is 22.8 Å². The number of hydrogen-bond donors (Lipinski definition) is 1. The number of nitrogens with one attached hydrogen (secondary N) is 1. The molecule has 29 heavy (non-hydrogen) atoms. The molecule has 2 heterocycles. The van der Waals surface area contributed by atoms with Crippen molar-refractivity contribution < 1.29 is 4.79 Å². The third kappa shape index (κ3) is 3.17. The molecule has 0 atom stereocenters. The van der Waals surface area contributed by atoms with Gasteiger partial charge in [-0.05, 0) is 35.9 Å². The Morgan fingerprint density at radius 3 is 2.14 bits per heavy atom. The highest BCUT2D eigenvalue weighted by Crippen LogP contribution is 2.28. The minimum absolute atomic E-state index is 0.219. The number of anilines is 1. The van der Waals surface area contributed by atoms with E-state index in [-0.39, 0.29) is 5.91 Å². The van der Waals surface area contributed by atoms with Crippen molar-refractivity contribution >= 4 is 35.3 Å². The second-order valence-corrected chi connectivity index (χ2v) is 6.55. The van der Waals surface area contributed by atoms with Gasteiger partial charge in [0.15, 0.2) is 0 Å². The first-order valence-corrected chi connectivity index (χ1v) is 9.25. The highest BCUT2D eigenvalue weighted by Gasteiger charge is 2.43. The largest absolute Gasteiger partial charge is 0.298 e. The Balaban J connectivity index is 1.59. The summed E-state index contributed by atoms with van der Waals surface area (Å²) in [5, 5.41) is 1.43. The van der Waals surface area contributed by atoms with Gasteiger partial charge in [0.1, 0.15) is 5.70 Å². The first-order chi connectivity index (χ1) is 14.3. The Bertz CT molecular complexity index is 1140. The van der Waals surface area contributed by atoms with Crippen molar-refractivity contribution in [2.24, 2.45) is 9.98 Å². The molecular formula is C23H17N5O. The van der Waals surface area contributed by atoms with E-state index in [4.69, 9.17) is 0 Å². The molecular weight excluding hydrogens is 362 g/mol. The number of nitrogens with zero attached hydrogens (tertiary/aromatic N) is 4. The number of fused-ring (bicyclic) bond motifs is 1. The number of carbonyl (C=O) groups excluding carboxylic acids is 1. The van der Waals surface area contributed by atoms with E-state index in [2.05, 4.69) is 15.4 Å². The van der Waals surface area contributed by atoms with E-state index in [1.807, 2.05) is 95.9 Å². The van der Waals surface area contributed by atoms with Gasteiger partial charge in [-0.3, -0.25) is 10.2 Å². The summed E-state index contributed by atoms with van der Waals surface area (Å²) < 4.78 is 0. The van der Waals surface area contributed by atoms with Gasteiger partial charge in [0.2, 0.25) is 11.9 Å². The Morgan fingerprint density at radius 1 is 0.828 bits per heavy atom. The molecule has 0 aliphatic carbocycles. The van der Waals surface area contributed by atoms with Gasteiger partial charge in [-0.15, -0.1) is 0 Å². The van der Waals surface area contributed by atoms with E-state index in [0.29, 0.717) is 17.6 Å². The van der Waals surface area contributed by atoms with Crippen LogP contribution in [0.3, 0.4) is 0 Å². The monoisotopic (exact) mass is 379 g/mol. The van der Waals surface area contributed by atoms with Crippen molar-refractivity contribution in [1.29, 1.82) is 0 Å². The van der Waals surface area contributed by atoms with Crippen LogP contribution in [0, 0.1) is 0 Å². The zero-order chi connectivity index (χ0) is 19.6. The summed E-state index contributed by atoms with van der Waals surface area (Å²) in [4.78, 5) is 24.1. The van der Waals surface area contributed by atoms with E-state index in [1.165, 1.54) is 5.01 Å². The van der Waals surface area contributed by atoms with Crippen LogP contribution in [0.1, 0.15) is 5.56 Å². The number of amides is 1. The van der Waals surface area contributed by atoms with E-state index < -0.39 is 0 Å². The highest BCUT2D eigenvalue weighted by molar-refractivity contribution is 6.30. The van der Waals surface area contributed by atoms with Crippen molar-refractivity contribution in [2.45, 2.75) is 0 Å². The topological polar surface area (TPSA) is 60.3 Å². The lowest BCUT2D eigenvalue weighted by molar-refractivity contribution is -0.123. The summed E-state index contributed by atoms with van der Waals surface area (Å²) in [5.41, 5.74) is 6.05. The molecule has 0 radical (unpaired) electrons. The molecule has 0 spiro atoms. The number of carbonyl (C=O) groups is 1. The van der Waals surface area contributed by atoms with Gasteiger partial charge in [-0.25, -0.2) is 14.9 Å². The van der Waals surface area contributed by atoms with Crippen molar-refractivity contribution in [2.75, 3.05) is 4.90 Å². The third-order valence-corrected chi connectivity index (χ3v) is 4.57. The molecule has 6 nitrogen and oxygen atoms in total. The molecule has 140 valence electrons. The van der Waals surface area contributed by atoms with Gasteiger partial charge in [-0.1, -0.05) is 66.7 Å². The molecule has 2 aliphatic heterocycles. The van der Waals surface area contributed by atoms with Crippen LogP contribution in [0.4, 0.5) is 11.4 Å². The quantitative estimate of drug-likeness (QED) is 0.702. The Hall–Kier alpha value is -4.19. The average molecular weight is 379 g/mol. The van der Waals surface area contributed by atoms with Crippen LogP contribution in [0.5, 0.6) is 0 Å². The van der Waals surface area contributed by atoms with Crippen LogP contribution < -0.4 is 10.3 Å². The van der Waals surface area contributed by atoms with Crippen LogP contribution in [0.2, 0.25) is 0 Å². The Labute approximate surface area is 168 Å².